The zero-order valence-electron chi connectivity index (χ0n) is 23.0. The molecule has 1 heterocycles. The third-order valence-corrected chi connectivity index (χ3v) is 6.67. The van der Waals surface area contributed by atoms with Gasteiger partial charge in [-0.1, -0.05) is 30.3 Å². The molecule has 2 aromatic carbocycles. The van der Waals surface area contributed by atoms with Crippen LogP contribution in [0.3, 0.4) is 0 Å². The molecule has 0 unspecified atom stereocenters. The zero-order valence-corrected chi connectivity index (χ0v) is 23.0. The highest BCUT2D eigenvalue weighted by Crippen LogP contribution is 2.29. The average molecular weight is 527 g/mol. The topological polar surface area (TPSA) is 101 Å². The average Bonchev–Trinajstić information content (AvgIpc) is 3.38. The van der Waals surface area contributed by atoms with Crippen molar-refractivity contribution in [1.29, 1.82) is 0 Å². The summed E-state index contributed by atoms with van der Waals surface area (Å²) >= 11 is 0. The lowest BCUT2D eigenvalue weighted by Gasteiger charge is -2.32. The normalized spacial score (nSPS) is 16.9. The zero-order chi connectivity index (χ0) is 27.3. The lowest BCUT2D eigenvalue weighted by Crippen LogP contribution is -2.48. The van der Waals surface area contributed by atoms with Crippen molar-refractivity contribution in [2.24, 2.45) is 5.92 Å². The Labute approximate surface area is 226 Å². The van der Waals surface area contributed by atoms with Crippen LogP contribution in [0.25, 0.3) is 0 Å². The quantitative estimate of drug-likeness (QED) is 0.307. The number of carbonyl (C=O) groups is 2. The molecule has 9 heteroatoms. The predicted molar refractivity (Wildman–Crippen MR) is 148 cm³/mol. The van der Waals surface area contributed by atoms with Crippen LogP contribution < -0.4 is 25.4 Å². The molecule has 1 saturated heterocycles. The van der Waals surface area contributed by atoms with E-state index in [1.165, 1.54) is 0 Å². The van der Waals surface area contributed by atoms with E-state index in [1.807, 2.05) is 49.1 Å². The molecule has 3 N–H and O–H groups in total. The molecule has 0 spiro atoms. The second-order valence-electron chi connectivity index (χ2n) is 9.78. The number of amides is 2. The summed E-state index contributed by atoms with van der Waals surface area (Å²) in [5.74, 6) is 1.20. The molecule has 0 aliphatic carbocycles. The Morgan fingerprint density at radius 2 is 1.84 bits per heavy atom. The van der Waals surface area contributed by atoms with Crippen molar-refractivity contribution < 1.29 is 23.8 Å². The van der Waals surface area contributed by atoms with Gasteiger partial charge in [0.2, 0.25) is 5.91 Å². The molecule has 0 radical (unpaired) electrons. The van der Waals surface area contributed by atoms with Crippen LogP contribution in [-0.2, 0) is 16.1 Å². The van der Waals surface area contributed by atoms with Gasteiger partial charge in [-0.25, -0.2) is 0 Å². The van der Waals surface area contributed by atoms with Crippen LogP contribution in [-0.4, -0.2) is 82.4 Å². The predicted octanol–water partition coefficient (Wildman–Crippen LogP) is 2.46. The minimum atomic E-state index is -0.0596. The highest BCUT2D eigenvalue weighted by molar-refractivity contribution is 5.95. The van der Waals surface area contributed by atoms with Crippen molar-refractivity contribution in [1.82, 2.24) is 20.9 Å². The molecule has 0 bridgehead atoms. The summed E-state index contributed by atoms with van der Waals surface area (Å²) in [5, 5.41) is 9.75. The molecule has 1 aliphatic heterocycles. The molecular weight excluding hydrogens is 484 g/mol. The molecule has 3 rings (SSSR count). The number of nitrogens with zero attached hydrogens (tertiary/aromatic N) is 1. The van der Waals surface area contributed by atoms with Gasteiger partial charge < -0.3 is 35.1 Å². The van der Waals surface area contributed by atoms with Gasteiger partial charge in [-0.15, -0.1) is 0 Å². The van der Waals surface area contributed by atoms with E-state index < -0.39 is 0 Å². The number of methoxy groups -OCH3 is 2. The van der Waals surface area contributed by atoms with Crippen LogP contribution in [0, 0.1) is 5.92 Å². The van der Waals surface area contributed by atoms with Gasteiger partial charge in [0, 0.05) is 69.9 Å². The Morgan fingerprint density at radius 1 is 1.05 bits per heavy atom. The Morgan fingerprint density at radius 3 is 2.55 bits per heavy atom. The number of rotatable bonds is 15. The first-order chi connectivity index (χ1) is 18.4. The highest BCUT2D eigenvalue weighted by atomic mass is 16.5. The van der Waals surface area contributed by atoms with Gasteiger partial charge in [0.25, 0.3) is 5.91 Å². The number of carbonyl (C=O) groups excluding carboxylic acids is 2. The standard InChI is InChI=1S/C29H42N4O5/c1-21(2)33(29(35)23-11-12-26(37-4)27(15-23)38-14-8-13-36-3)20-24-17-30-18-25(24)31-19-28(34)32-16-22-9-6-5-7-10-22/h5-7,9-12,15,21,24-25,30-31H,8,13-14,16-20H2,1-4H3,(H,32,34)/t24-,25+/m0/s1. The van der Waals surface area contributed by atoms with Crippen LogP contribution in [0.4, 0.5) is 0 Å². The molecule has 9 nitrogen and oxygen atoms in total. The fourth-order valence-corrected chi connectivity index (χ4v) is 4.50. The van der Waals surface area contributed by atoms with E-state index in [9.17, 15) is 9.59 Å². The second kappa shape index (κ2) is 15.3. The first-order valence-corrected chi connectivity index (χ1v) is 13.3. The monoisotopic (exact) mass is 526 g/mol. The maximum absolute atomic E-state index is 13.6. The van der Waals surface area contributed by atoms with Crippen molar-refractivity contribution in [3.8, 4) is 11.5 Å². The Kier molecular flexibility index (Phi) is 11.9. The summed E-state index contributed by atoms with van der Waals surface area (Å²) in [5.41, 5.74) is 1.62. The molecule has 1 aliphatic rings. The molecule has 2 atom stereocenters. The summed E-state index contributed by atoms with van der Waals surface area (Å²) in [6, 6.07) is 15.2. The van der Waals surface area contributed by atoms with Crippen LogP contribution in [0.2, 0.25) is 0 Å². The SMILES string of the molecule is COCCCOc1cc(C(=O)N(C[C@@H]2CNC[C@H]2NCC(=O)NCc2ccccc2)C(C)C)ccc1OC. The number of nitrogens with one attached hydrogen (secondary N) is 3. The van der Waals surface area contributed by atoms with Crippen molar-refractivity contribution in [3.63, 3.8) is 0 Å². The van der Waals surface area contributed by atoms with E-state index in [2.05, 4.69) is 16.0 Å². The van der Waals surface area contributed by atoms with Gasteiger partial charge in [-0.2, -0.15) is 0 Å². The van der Waals surface area contributed by atoms with Gasteiger partial charge in [-0.05, 0) is 37.6 Å². The smallest absolute Gasteiger partial charge is 0.254 e. The molecular formula is C29H42N4O5. The lowest BCUT2D eigenvalue weighted by molar-refractivity contribution is -0.120. The van der Waals surface area contributed by atoms with Crippen LogP contribution in [0.1, 0.15) is 36.2 Å². The molecule has 0 aromatic heterocycles. The maximum atomic E-state index is 13.6. The van der Waals surface area contributed by atoms with E-state index in [0.29, 0.717) is 43.4 Å². The highest BCUT2D eigenvalue weighted by Gasteiger charge is 2.32. The molecule has 1 fully saturated rings. The minimum absolute atomic E-state index is 0.00564. The van der Waals surface area contributed by atoms with E-state index in [4.69, 9.17) is 14.2 Å². The first-order valence-electron chi connectivity index (χ1n) is 13.3. The van der Waals surface area contributed by atoms with E-state index in [-0.39, 0.29) is 36.4 Å². The van der Waals surface area contributed by atoms with Gasteiger partial charge >= 0.3 is 0 Å². The second-order valence-corrected chi connectivity index (χ2v) is 9.78. The summed E-state index contributed by atoms with van der Waals surface area (Å²) in [6.07, 6.45) is 0.739. The molecule has 0 saturated carbocycles. The fraction of sp³-hybridized carbons (Fsp3) is 0.517. The van der Waals surface area contributed by atoms with Crippen LogP contribution >= 0.6 is 0 Å². The van der Waals surface area contributed by atoms with Gasteiger partial charge in [-0.3, -0.25) is 9.59 Å². The lowest BCUT2D eigenvalue weighted by atomic mass is 10.0. The fourth-order valence-electron chi connectivity index (χ4n) is 4.50. The Bertz CT molecular complexity index is 1020. The van der Waals surface area contributed by atoms with Crippen molar-refractivity contribution in [2.45, 2.75) is 38.9 Å². The third-order valence-electron chi connectivity index (χ3n) is 6.67. The maximum Gasteiger partial charge on any atom is 0.254 e. The number of ether oxygens (including phenoxy) is 3. The van der Waals surface area contributed by atoms with Crippen molar-refractivity contribution in [3.05, 3.63) is 59.7 Å². The number of hydrogen-bond donors (Lipinski definition) is 3. The Balaban J connectivity index is 1.58. The van der Waals surface area contributed by atoms with Crippen molar-refractivity contribution in [2.75, 3.05) is 53.6 Å². The van der Waals surface area contributed by atoms with Gasteiger partial charge in [0.1, 0.15) is 0 Å². The van der Waals surface area contributed by atoms with E-state index >= 15 is 0 Å². The summed E-state index contributed by atoms with van der Waals surface area (Å²) < 4.78 is 16.4. The van der Waals surface area contributed by atoms with Crippen molar-refractivity contribution >= 4 is 11.8 Å². The van der Waals surface area contributed by atoms with Crippen LogP contribution in [0.15, 0.2) is 48.5 Å². The summed E-state index contributed by atoms with van der Waals surface area (Å²) in [6.45, 7) is 7.93. The van der Waals surface area contributed by atoms with Gasteiger partial charge in [0.05, 0.1) is 20.3 Å². The largest absolute Gasteiger partial charge is 0.493 e. The third kappa shape index (κ3) is 8.72. The summed E-state index contributed by atoms with van der Waals surface area (Å²) in [4.78, 5) is 27.9. The van der Waals surface area contributed by atoms with Gasteiger partial charge in [0.15, 0.2) is 11.5 Å². The molecule has 208 valence electrons. The first kappa shape index (κ1) is 29.4. The Hall–Kier alpha value is -3.14. The van der Waals surface area contributed by atoms with E-state index in [0.717, 1.165) is 25.1 Å². The number of hydrogen-bond acceptors (Lipinski definition) is 7. The summed E-state index contributed by atoms with van der Waals surface area (Å²) in [7, 11) is 3.24. The minimum Gasteiger partial charge on any atom is -0.493 e. The number of benzene rings is 2. The molecule has 38 heavy (non-hydrogen) atoms. The van der Waals surface area contributed by atoms with E-state index in [1.54, 1.807) is 32.4 Å². The molecule has 2 aromatic rings. The van der Waals surface area contributed by atoms with Crippen LogP contribution in [0.5, 0.6) is 11.5 Å². The molecule has 2 amide bonds.